The molecule has 2 saturated heterocycles. The Labute approximate surface area is 144 Å². The number of hydrogen-bond acceptors (Lipinski definition) is 3. The molecule has 0 amide bonds. The summed E-state index contributed by atoms with van der Waals surface area (Å²) in [7, 11) is 2.31. The van der Waals surface area contributed by atoms with Crippen molar-refractivity contribution >= 4 is 5.97 Å². The standard InChI is InChI=1S/C20H28NO3/c1-3-11-21(2)16-9-10-17(21)13-18(12-16)24-20(23)19(14-22)15-7-5-4-6-8-15/h3-8,16-19,22H,1,9-14H2,2H3/q+1/t16-,17+,18?,19?,21?. The van der Waals surface area contributed by atoms with Gasteiger partial charge < -0.3 is 14.3 Å². The van der Waals surface area contributed by atoms with E-state index in [2.05, 4.69) is 13.6 Å². The normalized spacial score (nSPS) is 33.0. The first-order chi connectivity index (χ1) is 11.6. The molecule has 2 bridgehead atoms. The molecule has 4 heteroatoms. The third kappa shape index (κ3) is 3.13. The Morgan fingerprint density at radius 2 is 1.96 bits per heavy atom. The number of hydrogen-bond donors (Lipinski definition) is 1. The van der Waals surface area contributed by atoms with Crippen LogP contribution in [0.5, 0.6) is 0 Å². The van der Waals surface area contributed by atoms with Gasteiger partial charge in [-0.15, -0.1) is 0 Å². The van der Waals surface area contributed by atoms with E-state index < -0.39 is 5.92 Å². The average molecular weight is 330 g/mol. The Kier molecular flexibility index (Phi) is 5.07. The van der Waals surface area contributed by atoms with E-state index in [0.29, 0.717) is 12.1 Å². The number of ether oxygens (including phenoxy) is 1. The molecule has 5 atom stereocenters. The number of quaternary nitrogens is 1. The van der Waals surface area contributed by atoms with Gasteiger partial charge in [0.05, 0.1) is 32.3 Å². The predicted molar refractivity (Wildman–Crippen MR) is 93.4 cm³/mol. The summed E-state index contributed by atoms with van der Waals surface area (Å²) < 4.78 is 6.86. The minimum atomic E-state index is -0.583. The molecule has 130 valence electrons. The second-order valence-corrected chi connectivity index (χ2v) is 7.38. The smallest absolute Gasteiger partial charge is 0.316 e. The van der Waals surface area contributed by atoms with Crippen LogP contribution in [-0.4, -0.2) is 53.9 Å². The molecule has 0 radical (unpaired) electrons. The van der Waals surface area contributed by atoms with Crippen molar-refractivity contribution in [3.63, 3.8) is 0 Å². The predicted octanol–water partition coefficient (Wildman–Crippen LogP) is 2.63. The molecule has 1 N–H and O–H groups in total. The molecule has 0 aromatic heterocycles. The Morgan fingerprint density at radius 3 is 2.50 bits per heavy atom. The summed E-state index contributed by atoms with van der Waals surface area (Å²) in [6.45, 7) is 4.67. The first-order valence-electron chi connectivity index (χ1n) is 8.90. The number of likely N-dealkylation sites (N-methyl/N-ethyl adjacent to an activating group) is 1. The molecular weight excluding hydrogens is 302 g/mol. The highest BCUT2D eigenvalue weighted by Gasteiger charge is 2.51. The zero-order valence-corrected chi connectivity index (χ0v) is 14.4. The van der Waals surface area contributed by atoms with Crippen LogP contribution in [0.4, 0.5) is 0 Å². The number of aliphatic hydroxyl groups is 1. The zero-order chi connectivity index (χ0) is 17.2. The van der Waals surface area contributed by atoms with E-state index in [1.807, 2.05) is 36.4 Å². The van der Waals surface area contributed by atoms with Crippen molar-refractivity contribution in [1.29, 1.82) is 0 Å². The topological polar surface area (TPSA) is 46.5 Å². The largest absolute Gasteiger partial charge is 0.461 e. The highest BCUT2D eigenvalue weighted by Crippen LogP contribution is 2.42. The molecule has 4 nitrogen and oxygen atoms in total. The molecule has 0 saturated carbocycles. The second kappa shape index (κ2) is 7.08. The number of piperidine rings is 1. The number of rotatable bonds is 6. The average Bonchev–Trinajstić information content (AvgIpc) is 2.75. The quantitative estimate of drug-likeness (QED) is 0.495. The van der Waals surface area contributed by atoms with Crippen LogP contribution in [-0.2, 0) is 9.53 Å². The molecule has 0 aliphatic carbocycles. The van der Waals surface area contributed by atoms with Gasteiger partial charge in [-0.1, -0.05) is 36.9 Å². The van der Waals surface area contributed by atoms with E-state index in [0.717, 1.165) is 29.4 Å². The molecule has 1 aromatic rings. The van der Waals surface area contributed by atoms with Crippen LogP contribution < -0.4 is 0 Å². The van der Waals surface area contributed by atoms with E-state index in [-0.39, 0.29) is 18.7 Å². The fraction of sp³-hybridized carbons (Fsp3) is 0.550. The molecule has 2 heterocycles. The molecule has 2 aliphatic rings. The summed E-state index contributed by atoms with van der Waals surface area (Å²) in [5.74, 6) is -0.882. The number of esters is 1. The van der Waals surface area contributed by atoms with Crippen molar-refractivity contribution in [1.82, 2.24) is 0 Å². The van der Waals surface area contributed by atoms with Gasteiger partial charge in [-0.05, 0) is 11.6 Å². The molecular formula is C20H28NO3+. The molecule has 3 unspecified atom stereocenters. The van der Waals surface area contributed by atoms with Crippen LogP contribution in [0.1, 0.15) is 37.2 Å². The minimum absolute atomic E-state index is 0.0243. The Bertz CT molecular complexity index is 572. The molecule has 2 aliphatic heterocycles. The fourth-order valence-electron chi connectivity index (χ4n) is 4.61. The van der Waals surface area contributed by atoms with Crippen LogP contribution in [0, 0.1) is 0 Å². The van der Waals surface area contributed by atoms with Crippen LogP contribution >= 0.6 is 0 Å². The monoisotopic (exact) mass is 330 g/mol. The van der Waals surface area contributed by atoms with Crippen LogP contribution in [0.15, 0.2) is 43.0 Å². The third-order valence-corrected chi connectivity index (χ3v) is 6.05. The highest BCUT2D eigenvalue weighted by atomic mass is 16.5. The third-order valence-electron chi connectivity index (χ3n) is 6.05. The van der Waals surface area contributed by atoms with Gasteiger partial charge in [-0.2, -0.15) is 0 Å². The summed E-state index contributed by atoms with van der Waals surface area (Å²) >= 11 is 0. The van der Waals surface area contributed by atoms with Crippen LogP contribution in [0.25, 0.3) is 0 Å². The summed E-state index contributed by atoms with van der Waals surface area (Å²) in [5.41, 5.74) is 0.816. The second-order valence-electron chi connectivity index (χ2n) is 7.38. The molecule has 1 aromatic carbocycles. The summed E-state index contributed by atoms with van der Waals surface area (Å²) in [4.78, 5) is 12.6. The lowest BCUT2D eigenvalue weighted by Crippen LogP contribution is -2.59. The highest BCUT2D eigenvalue weighted by molar-refractivity contribution is 5.78. The van der Waals surface area contributed by atoms with Crippen molar-refractivity contribution in [3.8, 4) is 0 Å². The summed E-state index contributed by atoms with van der Waals surface area (Å²) in [6.07, 6.45) is 6.22. The van der Waals surface area contributed by atoms with E-state index in [1.165, 1.54) is 12.8 Å². The molecule has 2 fully saturated rings. The van der Waals surface area contributed by atoms with Crippen LogP contribution in [0.2, 0.25) is 0 Å². The maximum absolute atomic E-state index is 12.6. The fourth-order valence-corrected chi connectivity index (χ4v) is 4.61. The maximum atomic E-state index is 12.6. The van der Waals surface area contributed by atoms with Crippen molar-refractivity contribution in [2.75, 3.05) is 20.2 Å². The number of carbonyl (C=O) groups excluding carboxylic acids is 1. The number of aliphatic hydroxyl groups excluding tert-OH is 1. The summed E-state index contributed by atoms with van der Waals surface area (Å²) in [6, 6.07) is 10.5. The number of benzene rings is 1. The molecule has 3 rings (SSSR count). The maximum Gasteiger partial charge on any atom is 0.316 e. The number of carbonyl (C=O) groups is 1. The molecule has 24 heavy (non-hydrogen) atoms. The summed E-state index contributed by atoms with van der Waals surface area (Å²) in [5, 5.41) is 9.63. The van der Waals surface area contributed by atoms with Crippen molar-refractivity contribution in [2.45, 2.75) is 49.8 Å². The Balaban J connectivity index is 1.65. The van der Waals surface area contributed by atoms with Gasteiger partial charge in [0.25, 0.3) is 0 Å². The van der Waals surface area contributed by atoms with Crippen molar-refractivity contribution in [3.05, 3.63) is 48.6 Å². The number of fused-ring (bicyclic) bond motifs is 2. The first-order valence-corrected chi connectivity index (χ1v) is 8.90. The van der Waals surface area contributed by atoms with Gasteiger partial charge in [-0.3, -0.25) is 4.79 Å². The lowest BCUT2D eigenvalue weighted by atomic mass is 9.95. The van der Waals surface area contributed by atoms with Gasteiger partial charge in [0.2, 0.25) is 0 Å². The lowest BCUT2D eigenvalue weighted by molar-refractivity contribution is -0.944. The first kappa shape index (κ1) is 17.2. The van der Waals surface area contributed by atoms with Gasteiger partial charge in [0.1, 0.15) is 12.0 Å². The van der Waals surface area contributed by atoms with Crippen LogP contribution in [0.3, 0.4) is 0 Å². The number of nitrogens with zero attached hydrogens (tertiary/aromatic N) is 1. The van der Waals surface area contributed by atoms with Gasteiger partial charge >= 0.3 is 5.97 Å². The Morgan fingerprint density at radius 1 is 1.33 bits per heavy atom. The SMILES string of the molecule is C=CC[N+]1(C)[C@@H]2CC[C@H]1CC(OC(=O)C(CO)c1ccccc1)C2. The zero-order valence-electron chi connectivity index (χ0n) is 14.4. The van der Waals surface area contributed by atoms with Gasteiger partial charge in [0.15, 0.2) is 0 Å². The molecule has 0 spiro atoms. The Hall–Kier alpha value is -1.65. The lowest BCUT2D eigenvalue weighted by Gasteiger charge is -2.46. The van der Waals surface area contributed by atoms with Gasteiger partial charge in [0, 0.05) is 25.7 Å². The van der Waals surface area contributed by atoms with E-state index in [4.69, 9.17) is 4.74 Å². The van der Waals surface area contributed by atoms with E-state index in [1.54, 1.807) is 0 Å². The van der Waals surface area contributed by atoms with E-state index >= 15 is 0 Å². The van der Waals surface area contributed by atoms with Crippen molar-refractivity contribution < 1.29 is 19.1 Å². The van der Waals surface area contributed by atoms with Gasteiger partial charge in [-0.25, -0.2) is 0 Å². The minimum Gasteiger partial charge on any atom is -0.461 e. The van der Waals surface area contributed by atoms with Crippen molar-refractivity contribution in [2.24, 2.45) is 0 Å². The van der Waals surface area contributed by atoms with E-state index in [9.17, 15) is 9.90 Å².